The molecule has 2 aromatic heterocycles. The molecule has 208 valence electrons. The number of fused-ring (bicyclic) bond motifs is 1. The Bertz CT molecular complexity index is 1860. The van der Waals surface area contributed by atoms with Gasteiger partial charge in [-0.15, -0.1) is 0 Å². The molecule has 6 rings (SSSR count). The Morgan fingerprint density at radius 3 is 2.61 bits per heavy atom. The lowest BCUT2D eigenvalue weighted by Crippen LogP contribution is -2.28. The minimum absolute atomic E-state index is 0.228. The molecule has 41 heavy (non-hydrogen) atoms. The maximum absolute atomic E-state index is 13.0. The van der Waals surface area contributed by atoms with E-state index in [1.54, 1.807) is 12.3 Å². The monoisotopic (exact) mass is 548 g/mol. The van der Waals surface area contributed by atoms with Gasteiger partial charge in [0.15, 0.2) is 6.10 Å². The van der Waals surface area contributed by atoms with Gasteiger partial charge in [0.1, 0.15) is 5.75 Å². The van der Waals surface area contributed by atoms with Crippen molar-refractivity contribution in [3.63, 3.8) is 0 Å². The summed E-state index contributed by atoms with van der Waals surface area (Å²) in [6.07, 6.45) is 1.79. The first-order valence-electron chi connectivity index (χ1n) is 13.8. The van der Waals surface area contributed by atoms with Crippen molar-refractivity contribution in [2.45, 2.75) is 52.2 Å². The van der Waals surface area contributed by atoms with Crippen molar-refractivity contribution in [3.05, 3.63) is 105 Å². The number of rotatable bonds is 6. The number of carboxylic acid groups (broad SMARTS) is 1. The van der Waals surface area contributed by atoms with E-state index in [2.05, 4.69) is 4.98 Å². The van der Waals surface area contributed by atoms with E-state index in [-0.39, 0.29) is 5.56 Å². The molecule has 0 radical (unpaired) electrons. The summed E-state index contributed by atoms with van der Waals surface area (Å²) >= 11 is 0. The van der Waals surface area contributed by atoms with Gasteiger partial charge in [-0.05, 0) is 86.2 Å². The van der Waals surface area contributed by atoms with Crippen LogP contribution in [0, 0.1) is 6.92 Å². The molecule has 3 heterocycles. The number of aliphatic carboxylic acids is 1. The SMILES string of the molecule is Cc1c([C@H](OC(C)(C)C)C(=O)O)c(-c2ccc3c4c(ccnc24)CCO3)c2ccc(=O)[nH]c2c1Cc1ccccc1. The average molecular weight is 549 g/mol. The van der Waals surface area contributed by atoms with Gasteiger partial charge in [-0.25, -0.2) is 4.79 Å². The van der Waals surface area contributed by atoms with Crippen molar-refractivity contribution in [1.82, 2.24) is 9.97 Å². The lowest BCUT2D eigenvalue weighted by atomic mass is 9.83. The van der Waals surface area contributed by atoms with Crippen molar-refractivity contribution < 1.29 is 19.4 Å². The van der Waals surface area contributed by atoms with Crippen LogP contribution in [0.15, 0.2) is 71.7 Å². The Balaban J connectivity index is 1.76. The lowest BCUT2D eigenvalue weighted by Gasteiger charge is -2.30. The second-order valence-electron chi connectivity index (χ2n) is 11.5. The van der Waals surface area contributed by atoms with Crippen LogP contribution in [-0.4, -0.2) is 33.3 Å². The number of aromatic nitrogens is 2. The zero-order chi connectivity index (χ0) is 28.9. The van der Waals surface area contributed by atoms with Crippen LogP contribution in [0.5, 0.6) is 5.75 Å². The Morgan fingerprint density at radius 2 is 1.88 bits per heavy atom. The van der Waals surface area contributed by atoms with E-state index >= 15 is 0 Å². The molecule has 0 bridgehead atoms. The molecule has 0 saturated carbocycles. The number of benzene rings is 3. The molecule has 1 aliphatic rings. The summed E-state index contributed by atoms with van der Waals surface area (Å²) in [7, 11) is 0. The molecule has 0 aliphatic carbocycles. The highest BCUT2D eigenvalue weighted by molar-refractivity contribution is 6.09. The topological polar surface area (TPSA) is 102 Å². The predicted molar refractivity (Wildman–Crippen MR) is 160 cm³/mol. The molecule has 3 aromatic carbocycles. The fraction of sp³-hybridized carbons (Fsp3) is 0.265. The third-order valence-electron chi connectivity index (χ3n) is 7.64. The van der Waals surface area contributed by atoms with Gasteiger partial charge in [0, 0.05) is 40.6 Å². The summed E-state index contributed by atoms with van der Waals surface area (Å²) in [6.45, 7) is 8.06. The van der Waals surface area contributed by atoms with Crippen LogP contribution in [0.1, 0.15) is 54.7 Å². The Morgan fingerprint density at radius 1 is 1.10 bits per heavy atom. The first kappa shape index (κ1) is 26.7. The van der Waals surface area contributed by atoms with Crippen molar-refractivity contribution in [2.75, 3.05) is 6.61 Å². The van der Waals surface area contributed by atoms with Crippen LogP contribution in [0.4, 0.5) is 0 Å². The zero-order valence-electron chi connectivity index (χ0n) is 23.6. The van der Waals surface area contributed by atoms with Crippen LogP contribution in [0.25, 0.3) is 32.9 Å². The first-order valence-corrected chi connectivity index (χ1v) is 13.8. The highest BCUT2D eigenvalue weighted by atomic mass is 16.5. The second kappa shape index (κ2) is 10.2. The van der Waals surface area contributed by atoms with Gasteiger partial charge in [-0.3, -0.25) is 9.78 Å². The van der Waals surface area contributed by atoms with Crippen molar-refractivity contribution in [3.8, 4) is 16.9 Å². The molecule has 0 unspecified atom stereocenters. The summed E-state index contributed by atoms with van der Waals surface area (Å²) in [5.41, 5.74) is 6.23. The Labute approximate surface area is 237 Å². The maximum Gasteiger partial charge on any atom is 0.337 e. The smallest absolute Gasteiger partial charge is 0.337 e. The number of carbonyl (C=O) groups is 1. The third-order valence-corrected chi connectivity index (χ3v) is 7.64. The number of carboxylic acids is 1. The summed E-state index contributed by atoms with van der Waals surface area (Å²) < 4.78 is 12.3. The van der Waals surface area contributed by atoms with Gasteiger partial charge in [-0.1, -0.05) is 30.3 Å². The zero-order valence-corrected chi connectivity index (χ0v) is 23.6. The summed E-state index contributed by atoms with van der Waals surface area (Å²) in [5.74, 6) is -0.326. The number of hydrogen-bond donors (Lipinski definition) is 2. The van der Waals surface area contributed by atoms with E-state index in [4.69, 9.17) is 14.5 Å². The number of nitrogens with zero attached hydrogens (tertiary/aromatic N) is 1. The van der Waals surface area contributed by atoms with E-state index in [1.807, 2.05) is 76.2 Å². The number of ether oxygens (including phenoxy) is 2. The quantitative estimate of drug-likeness (QED) is 0.251. The van der Waals surface area contributed by atoms with Crippen molar-refractivity contribution >= 4 is 27.8 Å². The Hall–Kier alpha value is -4.49. The summed E-state index contributed by atoms with van der Waals surface area (Å²) in [4.78, 5) is 33.6. The van der Waals surface area contributed by atoms with Gasteiger partial charge in [0.2, 0.25) is 5.56 Å². The highest BCUT2D eigenvalue weighted by Gasteiger charge is 2.34. The summed E-state index contributed by atoms with van der Waals surface area (Å²) in [6, 6.07) is 19.1. The van der Waals surface area contributed by atoms with E-state index in [0.717, 1.165) is 56.3 Å². The molecule has 1 aliphatic heterocycles. The van der Waals surface area contributed by atoms with Crippen LogP contribution in [0.2, 0.25) is 0 Å². The first-order chi connectivity index (χ1) is 19.6. The lowest BCUT2D eigenvalue weighted by molar-refractivity contribution is -0.160. The van der Waals surface area contributed by atoms with Crippen LogP contribution in [-0.2, 0) is 22.4 Å². The van der Waals surface area contributed by atoms with E-state index in [1.165, 1.54) is 6.07 Å². The van der Waals surface area contributed by atoms with Crippen molar-refractivity contribution in [1.29, 1.82) is 0 Å². The fourth-order valence-electron chi connectivity index (χ4n) is 5.93. The number of aromatic amines is 1. The molecular weight excluding hydrogens is 516 g/mol. The molecular formula is C34H32N2O5. The molecule has 7 heteroatoms. The van der Waals surface area contributed by atoms with Gasteiger partial charge < -0.3 is 19.6 Å². The number of pyridine rings is 2. The van der Waals surface area contributed by atoms with Gasteiger partial charge >= 0.3 is 5.97 Å². The number of H-pyrrole nitrogens is 1. The summed E-state index contributed by atoms with van der Waals surface area (Å²) in [5, 5.41) is 12.3. The molecule has 0 amide bonds. The molecule has 0 spiro atoms. The largest absolute Gasteiger partial charge is 0.493 e. The normalized spacial score (nSPS) is 13.8. The van der Waals surface area contributed by atoms with Crippen LogP contribution in [0.3, 0.4) is 0 Å². The molecule has 0 fully saturated rings. The highest BCUT2D eigenvalue weighted by Crippen LogP contribution is 2.46. The van der Waals surface area contributed by atoms with E-state index in [0.29, 0.717) is 29.7 Å². The van der Waals surface area contributed by atoms with E-state index < -0.39 is 17.7 Å². The van der Waals surface area contributed by atoms with E-state index in [9.17, 15) is 14.7 Å². The minimum Gasteiger partial charge on any atom is -0.493 e. The van der Waals surface area contributed by atoms with Crippen LogP contribution < -0.4 is 10.3 Å². The standard InChI is InChI=1S/C34H32N2O5/c1-19-24(18-20-8-6-5-7-9-20)30-22(11-13-26(37)36-30)29(27(19)32(33(38)39)41-34(2,3)4)23-10-12-25-28-21(15-17-40-25)14-16-35-31(23)28/h5-14,16,32H,15,17-18H2,1-4H3,(H,36,37)(H,38,39)/t32-/m0/s1. The molecule has 7 nitrogen and oxygen atoms in total. The predicted octanol–water partition coefficient (Wildman–Crippen LogP) is 6.52. The molecule has 0 saturated heterocycles. The number of nitrogens with one attached hydrogen (secondary N) is 1. The third kappa shape index (κ3) is 4.87. The van der Waals surface area contributed by atoms with Gasteiger partial charge in [0.05, 0.1) is 23.2 Å². The minimum atomic E-state index is -1.27. The average Bonchev–Trinajstić information content (AvgIpc) is 2.94. The molecule has 2 N–H and O–H groups in total. The second-order valence-corrected chi connectivity index (χ2v) is 11.5. The fourth-order valence-corrected chi connectivity index (χ4v) is 5.93. The van der Waals surface area contributed by atoms with Crippen molar-refractivity contribution in [2.24, 2.45) is 0 Å². The number of hydrogen-bond acceptors (Lipinski definition) is 5. The van der Waals surface area contributed by atoms with Crippen LogP contribution >= 0.6 is 0 Å². The van der Waals surface area contributed by atoms with Gasteiger partial charge in [0.25, 0.3) is 0 Å². The molecule has 5 aromatic rings. The molecule has 1 atom stereocenters. The Kier molecular flexibility index (Phi) is 6.62. The van der Waals surface area contributed by atoms with Gasteiger partial charge in [-0.2, -0.15) is 0 Å². The maximum atomic E-state index is 13.0.